The van der Waals surface area contributed by atoms with Crippen molar-refractivity contribution in [3.8, 4) is 0 Å². The second kappa shape index (κ2) is 5.40. The van der Waals surface area contributed by atoms with Crippen LogP contribution in [-0.4, -0.2) is 12.6 Å². The van der Waals surface area contributed by atoms with Gasteiger partial charge < -0.3 is 4.74 Å². The van der Waals surface area contributed by atoms with Crippen molar-refractivity contribution in [2.75, 3.05) is 6.61 Å². The lowest BCUT2D eigenvalue weighted by Crippen LogP contribution is -2.15. The molecule has 0 saturated carbocycles. The molecule has 0 spiro atoms. The monoisotopic (exact) mass is 266 g/mol. The normalized spacial score (nSPS) is 11.4. The summed E-state index contributed by atoms with van der Waals surface area (Å²) in [6.45, 7) is 1.82. The molecule has 0 N–H and O–H groups in total. The summed E-state index contributed by atoms with van der Waals surface area (Å²) in [6, 6.07) is 2.81. The highest BCUT2D eigenvalue weighted by molar-refractivity contribution is 6.31. The summed E-state index contributed by atoms with van der Waals surface area (Å²) in [7, 11) is 0. The third kappa shape index (κ3) is 3.63. The third-order valence-electron chi connectivity index (χ3n) is 1.94. The van der Waals surface area contributed by atoms with E-state index in [1.165, 1.54) is 0 Å². The van der Waals surface area contributed by atoms with Crippen LogP contribution >= 0.6 is 11.6 Å². The minimum absolute atomic E-state index is 0.0569. The molecular weight excluding hydrogens is 257 g/mol. The van der Waals surface area contributed by atoms with Crippen LogP contribution in [-0.2, 0) is 10.9 Å². The Balaban J connectivity index is 3.11. The standard InChI is InChI=1S/C11H10ClF3O2/c1-2-5-17-10(16)8-6-7(12)3-4-9(8)11(13,14)15/h3-4,6H,2,5H2,1H3. The molecule has 0 atom stereocenters. The Hall–Kier alpha value is -1.23. The number of halogens is 4. The third-order valence-corrected chi connectivity index (χ3v) is 2.18. The van der Waals surface area contributed by atoms with Gasteiger partial charge in [-0.15, -0.1) is 0 Å². The maximum atomic E-state index is 12.6. The predicted molar refractivity (Wildman–Crippen MR) is 57.0 cm³/mol. The summed E-state index contributed by atoms with van der Waals surface area (Å²) in [6.07, 6.45) is -4.07. The van der Waals surface area contributed by atoms with Crippen LogP contribution in [0.5, 0.6) is 0 Å². The Labute approximate surface area is 101 Å². The molecule has 0 aliphatic heterocycles. The maximum absolute atomic E-state index is 12.6. The molecule has 0 amide bonds. The maximum Gasteiger partial charge on any atom is 0.417 e. The largest absolute Gasteiger partial charge is 0.462 e. The van der Waals surface area contributed by atoms with Crippen molar-refractivity contribution >= 4 is 17.6 Å². The van der Waals surface area contributed by atoms with Crippen LogP contribution in [0.2, 0.25) is 5.02 Å². The summed E-state index contributed by atoms with van der Waals surface area (Å²) in [5.41, 5.74) is -1.60. The second-order valence-electron chi connectivity index (χ2n) is 3.32. The van der Waals surface area contributed by atoms with E-state index >= 15 is 0 Å². The number of rotatable bonds is 3. The zero-order chi connectivity index (χ0) is 13.1. The average molecular weight is 267 g/mol. The summed E-state index contributed by atoms with van der Waals surface area (Å²) < 4.78 is 42.5. The van der Waals surface area contributed by atoms with Gasteiger partial charge in [-0.1, -0.05) is 18.5 Å². The summed E-state index contributed by atoms with van der Waals surface area (Å²) >= 11 is 5.57. The van der Waals surface area contributed by atoms with Crippen molar-refractivity contribution < 1.29 is 22.7 Å². The molecular formula is C11H10ClF3O2. The van der Waals surface area contributed by atoms with E-state index in [1.54, 1.807) is 6.92 Å². The van der Waals surface area contributed by atoms with Gasteiger partial charge in [0.2, 0.25) is 0 Å². The zero-order valence-electron chi connectivity index (χ0n) is 8.97. The molecule has 0 fully saturated rings. The quantitative estimate of drug-likeness (QED) is 0.775. The zero-order valence-corrected chi connectivity index (χ0v) is 9.73. The first-order chi connectivity index (χ1) is 7.86. The van der Waals surface area contributed by atoms with Gasteiger partial charge in [-0.2, -0.15) is 13.2 Å². The Bertz CT molecular complexity index is 416. The second-order valence-corrected chi connectivity index (χ2v) is 3.76. The minimum atomic E-state index is -4.61. The Morgan fingerprint density at radius 3 is 2.59 bits per heavy atom. The lowest BCUT2D eigenvalue weighted by Gasteiger charge is -2.12. The molecule has 6 heteroatoms. The van der Waals surface area contributed by atoms with Crippen LogP contribution in [0.25, 0.3) is 0 Å². The molecule has 0 radical (unpaired) electrons. The van der Waals surface area contributed by atoms with Gasteiger partial charge in [-0.25, -0.2) is 4.79 Å². The summed E-state index contributed by atoms with van der Waals surface area (Å²) in [5, 5.41) is 0.0569. The lowest BCUT2D eigenvalue weighted by molar-refractivity contribution is -0.138. The highest BCUT2D eigenvalue weighted by Gasteiger charge is 2.35. The van der Waals surface area contributed by atoms with Gasteiger partial charge in [0.25, 0.3) is 0 Å². The van der Waals surface area contributed by atoms with Crippen LogP contribution < -0.4 is 0 Å². The molecule has 0 bridgehead atoms. The minimum Gasteiger partial charge on any atom is -0.462 e. The Morgan fingerprint density at radius 2 is 2.06 bits per heavy atom. The molecule has 0 saturated heterocycles. The fraction of sp³-hybridized carbons (Fsp3) is 0.364. The van der Waals surface area contributed by atoms with E-state index in [-0.39, 0.29) is 11.6 Å². The van der Waals surface area contributed by atoms with Crippen molar-refractivity contribution in [3.05, 3.63) is 34.3 Å². The van der Waals surface area contributed by atoms with Gasteiger partial charge >= 0.3 is 12.1 Å². The molecule has 1 aromatic rings. The Kier molecular flexibility index (Phi) is 4.40. The van der Waals surface area contributed by atoms with Crippen molar-refractivity contribution in [2.24, 2.45) is 0 Å². The molecule has 0 aliphatic rings. The number of hydrogen-bond acceptors (Lipinski definition) is 2. The predicted octanol–water partition coefficient (Wildman–Crippen LogP) is 3.93. The number of ether oxygens (including phenoxy) is 1. The van der Waals surface area contributed by atoms with E-state index in [1.807, 2.05) is 0 Å². The van der Waals surface area contributed by atoms with E-state index in [0.717, 1.165) is 18.2 Å². The van der Waals surface area contributed by atoms with Crippen molar-refractivity contribution in [1.82, 2.24) is 0 Å². The first-order valence-electron chi connectivity index (χ1n) is 4.90. The number of carbonyl (C=O) groups excluding carboxylic acids is 1. The van der Waals surface area contributed by atoms with Crippen LogP contribution in [0.3, 0.4) is 0 Å². The number of benzene rings is 1. The molecule has 94 valence electrons. The molecule has 1 aromatic carbocycles. The smallest absolute Gasteiger partial charge is 0.417 e. The van der Waals surface area contributed by atoms with Crippen molar-refractivity contribution in [1.29, 1.82) is 0 Å². The number of carbonyl (C=O) groups is 1. The van der Waals surface area contributed by atoms with Crippen LogP contribution in [0.4, 0.5) is 13.2 Å². The van der Waals surface area contributed by atoms with E-state index < -0.39 is 23.3 Å². The van der Waals surface area contributed by atoms with Crippen molar-refractivity contribution in [3.63, 3.8) is 0 Å². The fourth-order valence-electron chi connectivity index (χ4n) is 1.21. The Morgan fingerprint density at radius 1 is 1.41 bits per heavy atom. The molecule has 17 heavy (non-hydrogen) atoms. The summed E-state index contributed by atoms with van der Waals surface area (Å²) in [5.74, 6) is -1.01. The van der Waals surface area contributed by atoms with Gasteiger partial charge in [0.1, 0.15) is 0 Å². The van der Waals surface area contributed by atoms with Gasteiger partial charge in [0.05, 0.1) is 17.7 Å². The highest BCUT2D eigenvalue weighted by atomic mass is 35.5. The van der Waals surface area contributed by atoms with Crippen LogP contribution in [0, 0.1) is 0 Å². The van der Waals surface area contributed by atoms with Gasteiger partial charge in [-0.3, -0.25) is 0 Å². The number of esters is 1. The van der Waals surface area contributed by atoms with E-state index in [9.17, 15) is 18.0 Å². The van der Waals surface area contributed by atoms with E-state index in [2.05, 4.69) is 4.74 Å². The van der Waals surface area contributed by atoms with E-state index in [0.29, 0.717) is 6.42 Å². The first kappa shape index (κ1) is 13.8. The highest BCUT2D eigenvalue weighted by Crippen LogP contribution is 2.33. The summed E-state index contributed by atoms with van der Waals surface area (Å²) in [4.78, 5) is 11.4. The molecule has 0 unspecified atom stereocenters. The van der Waals surface area contributed by atoms with Crippen LogP contribution in [0.1, 0.15) is 29.3 Å². The lowest BCUT2D eigenvalue weighted by atomic mass is 10.1. The molecule has 1 rings (SSSR count). The molecule has 0 heterocycles. The SMILES string of the molecule is CCCOC(=O)c1cc(Cl)ccc1C(F)(F)F. The van der Waals surface area contributed by atoms with Gasteiger partial charge in [0, 0.05) is 5.02 Å². The molecule has 0 aromatic heterocycles. The number of hydrogen-bond donors (Lipinski definition) is 0. The van der Waals surface area contributed by atoms with Crippen LogP contribution in [0.15, 0.2) is 18.2 Å². The van der Waals surface area contributed by atoms with Gasteiger partial charge in [-0.05, 0) is 24.6 Å². The first-order valence-corrected chi connectivity index (χ1v) is 5.28. The van der Waals surface area contributed by atoms with Gasteiger partial charge in [0.15, 0.2) is 0 Å². The average Bonchev–Trinajstić information content (AvgIpc) is 2.24. The van der Waals surface area contributed by atoms with E-state index in [4.69, 9.17) is 11.6 Å². The number of alkyl halides is 3. The molecule has 0 aliphatic carbocycles. The fourth-order valence-corrected chi connectivity index (χ4v) is 1.38. The molecule has 2 nitrogen and oxygen atoms in total. The topological polar surface area (TPSA) is 26.3 Å². The van der Waals surface area contributed by atoms with Crippen molar-refractivity contribution in [2.45, 2.75) is 19.5 Å².